The van der Waals surface area contributed by atoms with E-state index in [-0.39, 0.29) is 0 Å². The molecule has 0 aliphatic carbocycles. The zero-order chi connectivity index (χ0) is 15.7. The summed E-state index contributed by atoms with van der Waals surface area (Å²) in [6.45, 7) is 0. The van der Waals surface area contributed by atoms with Crippen molar-refractivity contribution in [2.24, 2.45) is 0 Å². The standard InChI is InChI=1S/C13H10O8/c14-6-2-1-5(9(16)10(6)17)13(20)21-8-4-3-7(15)11(18)12(8)19/h1-4,14-19H. The van der Waals surface area contributed by atoms with Crippen molar-refractivity contribution in [1.82, 2.24) is 0 Å². The van der Waals surface area contributed by atoms with Crippen LogP contribution in [-0.2, 0) is 0 Å². The Balaban J connectivity index is 2.35. The highest BCUT2D eigenvalue weighted by molar-refractivity contribution is 5.95. The van der Waals surface area contributed by atoms with E-state index in [2.05, 4.69) is 0 Å². The van der Waals surface area contributed by atoms with E-state index < -0.39 is 51.8 Å². The summed E-state index contributed by atoms with van der Waals surface area (Å²) >= 11 is 0. The number of phenolic OH excluding ortho intramolecular Hbond substituents is 6. The largest absolute Gasteiger partial charge is 0.504 e. The van der Waals surface area contributed by atoms with Crippen LogP contribution in [0.1, 0.15) is 10.4 Å². The molecule has 110 valence electrons. The van der Waals surface area contributed by atoms with Gasteiger partial charge in [0.15, 0.2) is 23.0 Å². The average molecular weight is 294 g/mol. The van der Waals surface area contributed by atoms with Crippen LogP contribution in [0.5, 0.6) is 40.2 Å². The Morgan fingerprint density at radius 2 is 1.24 bits per heavy atom. The molecule has 0 spiro atoms. The number of hydrogen-bond acceptors (Lipinski definition) is 8. The van der Waals surface area contributed by atoms with Crippen LogP contribution in [0.25, 0.3) is 0 Å². The summed E-state index contributed by atoms with van der Waals surface area (Å²) in [6, 6.07) is 3.94. The lowest BCUT2D eigenvalue weighted by atomic mass is 10.1. The van der Waals surface area contributed by atoms with Gasteiger partial charge < -0.3 is 35.4 Å². The van der Waals surface area contributed by atoms with Gasteiger partial charge in [-0.05, 0) is 24.3 Å². The lowest BCUT2D eigenvalue weighted by molar-refractivity contribution is 0.0725. The van der Waals surface area contributed by atoms with E-state index >= 15 is 0 Å². The van der Waals surface area contributed by atoms with Crippen molar-refractivity contribution < 1.29 is 40.2 Å². The number of rotatable bonds is 2. The third-order valence-corrected chi connectivity index (χ3v) is 2.65. The van der Waals surface area contributed by atoms with E-state index in [1.165, 1.54) is 0 Å². The van der Waals surface area contributed by atoms with Gasteiger partial charge in [0.2, 0.25) is 17.2 Å². The fourth-order valence-electron chi connectivity index (χ4n) is 1.52. The first-order valence-corrected chi connectivity index (χ1v) is 5.53. The molecule has 0 heterocycles. The molecule has 0 saturated carbocycles. The van der Waals surface area contributed by atoms with Gasteiger partial charge in [-0.25, -0.2) is 4.79 Å². The number of carbonyl (C=O) groups excluding carboxylic acids is 1. The quantitative estimate of drug-likeness (QED) is 0.274. The normalized spacial score (nSPS) is 10.3. The Kier molecular flexibility index (Phi) is 3.37. The summed E-state index contributed by atoms with van der Waals surface area (Å²) in [5.74, 6) is -6.43. The predicted octanol–water partition coefficient (Wildman–Crippen LogP) is 1.14. The van der Waals surface area contributed by atoms with E-state index in [4.69, 9.17) is 14.9 Å². The van der Waals surface area contributed by atoms with Gasteiger partial charge in [-0.15, -0.1) is 0 Å². The molecule has 0 atom stereocenters. The van der Waals surface area contributed by atoms with Crippen LogP contribution in [0.15, 0.2) is 24.3 Å². The molecule has 0 aliphatic rings. The molecular weight excluding hydrogens is 284 g/mol. The van der Waals surface area contributed by atoms with Crippen LogP contribution in [0.4, 0.5) is 0 Å². The van der Waals surface area contributed by atoms with E-state index in [0.29, 0.717) is 0 Å². The van der Waals surface area contributed by atoms with Crippen LogP contribution >= 0.6 is 0 Å². The molecule has 0 fully saturated rings. The van der Waals surface area contributed by atoms with Crippen LogP contribution in [0.2, 0.25) is 0 Å². The second-order valence-corrected chi connectivity index (χ2v) is 4.00. The zero-order valence-corrected chi connectivity index (χ0v) is 10.3. The van der Waals surface area contributed by atoms with Gasteiger partial charge in [-0.3, -0.25) is 0 Å². The molecule has 8 nitrogen and oxygen atoms in total. The molecule has 0 unspecified atom stereocenters. The monoisotopic (exact) mass is 294 g/mol. The molecule has 0 saturated heterocycles. The molecule has 2 rings (SSSR count). The second-order valence-electron chi connectivity index (χ2n) is 4.00. The number of esters is 1. The van der Waals surface area contributed by atoms with E-state index in [1.54, 1.807) is 0 Å². The smallest absolute Gasteiger partial charge is 0.347 e. The number of phenols is 6. The molecule has 0 aliphatic heterocycles. The first-order chi connectivity index (χ1) is 9.82. The number of benzene rings is 2. The van der Waals surface area contributed by atoms with Gasteiger partial charge >= 0.3 is 5.97 Å². The Hall–Kier alpha value is -3.29. The highest BCUT2D eigenvalue weighted by Gasteiger charge is 2.21. The number of ether oxygens (including phenoxy) is 1. The first-order valence-electron chi connectivity index (χ1n) is 5.53. The molecule has 6 N–H and O–H groups in total. The van der Waals surface area contributed by atoms with Crippen molar-refractivity contribution >= 4 is 5.97 Å². The van der Waals surface area contributed by atoms with Crippen molar-refractivity contribution in [2.75, 3.05) is 0 Å². The van der Waals surface area contributed by atoms with Gasteiger partial charge in [0, 0.05) is 0 Å². The minimum Gasteiger partial charge on any atom is -0.504 e. The highest BCUT2D eigenvalue weighted by atomic mass is 16.5. The first kappa shape index (κ1) is 14.1. The fraction of sp³-hybridized carbons (Fsp3) is 0. The number of hydrogen-bond donors (Lipinski definition) is 6. The predicted molar refractivity (Wildman–Crippen MR) is 67.8 cm³/mol. The second kappa shape index (κ2) is 5.00. The summed E-state index contributed by atoms with van der Waals surface area (Å²) in [4.78, 5) is 11.8. The van der Waals surface area contributed by atoms with Gasteiger partial charge in [0.25, 0.3) is 0 Å². The Morgan fingerprint density at radius 3 is 1.86 bits per heavy atom. The maximum atomic E-state index is 11.8. The summed E-state index contributed by atoms with van der Waals surface area (Å²) in [5, 5.41) is 55.9. The molecule has 21 heavy (non-hydrogen) atoms. The Morgan fingerprint density at radius 1 is 0.714 bits per heavy atom. The number of carbonyl (C=O) groups is 1. The van der Waals surface area contributed by atoms with E-state index in [0.717, 1.165) is 24.3 Å². The zero-order valence-electron chi connectivity index (χ0n) is 10.3. The minimum atomic E-state index is -1.16. The van der Waals surface area contributed by atoms with Crippen molar-refractivity contribution in [3.63, 3.8) is 0 Å². The summed E-state index contributed by atoms with van der Waals surface area (Å²) < 4.78 is 4.73. The molecule has 0 aromatic heterocycles. The average Bonchev–Trinajstić information content (AvgIpc) is 2.45. The van der Waals surface area contributed by atoms with Crippen molar-refractivity contribution in [3.05, 3.63) is 29.8 Å². The van der Waals surface area contributed by atoms with Gasteiger partial charge in [0.05, 0.1) is 0 Å². The van der Waals surface area contributed by atoms with Crippen LogP contribution in [0, 0.1) is 0 Å². The molecule has 0 radical (unpaired) electrons. The van der Waals surface area contributed by atoms with Crippen molar-refractivity contribution in [3.8, 4) is 40.2 Å². The number of aromatic hydroxyl groups is 6. The Bertz CT molecular complexity index is 723. The van der Waals surface area contributed by atoms with Crippen molar-refractivity contribution in [1.29, 1.82) is 0 Å². The van der Waals surface area contributed by atoms with E-state index in [9.17, 15) is 25.2 Å². The fourth-order valence-corrected chi connectivity index (χ4v) is 1.52. The maximum absolute atomic E-state index is 11.8. The van der Waals surface area contributed by atoms with Gasteiger partial charge in [0.1, 0.15) is 5.56 Å². The third kappa shape index (κ3) is 2.41. The summed E-state index contributed by atoms with van der Waals surface area (Å²) in [7, 11) is 0. The lowest BCUT2D eigenvalue weighted by Crippen LogP contribution is -2.08. The minimum absolute atomic E-state index is 0.470. The molecule has 2 aromatic rings. The van der Waals surface area contributed by atoms with Gasteiger partial charge in [-0.1, -0.05) is 0 Å². The van der Waals surface area contributed by atoms with Crippen LogP contribution in [-0.4, -0.2) is 36.6 Å². The maximum Gasteiger partial charge on any atom is 0.347 e. The van der Waals surface area contributed by atoms with Gasteiger partial charge in [-0.2, -0.15) is 0 Å². The SMILES string of the molecule is O=C(Oc1ccc(O)c(O)c1O)c1ccc(O)c(O)c1O. The van der Waals surface area contributed by atoms with Crippen LogP contribution in [0.3, 0.4) is 0 Å². The summed E-state index contributed by atoms with van der Waals surface area (Å²) in [6.07, 6.45) is 0. The van der Waals surface area contributed by atoms with E-state index in [1.807, 2.05) is 0 Å². The molecule has 0 bridgehead atoms. The molecule has 2 aromatic carbocycles. The third-order valence-electron chi connectivity index (χ3n) is 2.65. The van der Waals surface area contributed by atoms with Crippen molar-refractivity contribution in [2.45, 2.75) is 0 Å². The topological polar surface area (TPSA) is 148 Å². The highest BCUT2D eigenvalue weighted by Crippen LogP contribution is 2.42. The summed E-state index contributed by atoms with van der Waals surface area (Å²) in [5.41, 5.74) is -0.475. The molecular formula is C13H10O8. The molecule has 8 heteroatoms. The Labute approximate surface area is 117 Å². The lowest BCUT2D eigenvalue weighted by Gasteiger charge is -2.10. The van der Waals surface area contributed by atoms with Crippen LogP contribution < -0.4 is 4.74 Å². The molecule has 0 amide bonds.